The highest BCUT2D eigenvalue weighted by Gasteiger charge is 2.19. The van der Waals surface area contributed by atoms with Crippen LogP contribution in [-0.4, -0.2) is 22.5 Å². The van der Waals surface area contributed by atoms with Gasteiger partial charge in [-0.1, -0.05) is 19.3 Å². The second-order valence-electron chi connectivity index (χ2n) is 6.65. The van der Waals surface area contributed by atoms with E-state index in [0.717, 1.165) is 12.8 Å². The van der Waals surface area contributed by atoms with Crippen LogP contribution in [0.5, 0.6) is 5.88 Å². The van der Waals surface area contributed by atoms with Crippen molar-refractivity contribution in [1.82, 2.24) is 9.97 Å². The van der Waals surface area contributed by atoms with Crippen LogP contribution in [0.15, 0.2) is 24.3 Å². The summed E-state index contributed by atoms with van der Waals surface area (Å²) in [5.41, 5.74) is 12.9. The number of nitrogens with zero attached hydrogens (tertiary/aromatic N) is 2. The van der Waals surface area contributed by atoms with Gasteiger partial charge >= 0.3 is 0 Å². The van der Waals surface area contributed by atoms with Crippen molar-refractivity contribution >= 4 is 29.0 Å². The first-order valence-corrected chi connectivity index (χ1v) is 8.99. The Bertz CT molecular complexity index is 790. The Morgan fingerprint density at radius 2 is 1.93 bits per heavy atom. The van der Waals surface area contributed by atoms with Crippen molar-refractivity contribution in [2.75, 3.05) is 17.7 Å². The highest BCUT2D eigenvalue weighted by atomic mass is 16.5. The Morgan fingerprint density at radius 3 is 2.56 bits per heavy atom. The van der Waals surface area contributed by atoms with E-state index in [1.807, 2.05) is 0 Å². The van der Waals surface area contributed by atoms with E-state index in [9.17, 15) is 10.0 Å². The Kier molecular flexibility index (Phi) is 6.05. The van der Waals surface area contributed by atoms with Crippen molar-refractivity contribution in [3.05, 3.63) is 35.0 Å². The van der Waals surface area contributed by atoms with Gasteiger partial charge in [0.1, 0.15) is 0 Å². The summed E-state index contributed by atoms with van der Waals surface area (Å²) in [7, 11) is 0. The molecule has 0 unspecified atom stereocenters. The van der Waals surface area contributed by atoms with Crippen LogP contribution in [0.25, 0.3) is 0 Å². The van der Waals surface area contributed by atoms with Gasteiger partial charge in [0.2, 0.25) is 17.5 Å². The molecule has 2 aromatic rings. The molecule has 0 atom stereocenters. The standard InChI is InChI=1S/C18H24N6O3/c19-15-14(24-26)17(27-10-11-4-2-1-3-5-11)23-18(22-15)21-13-8-6-12(7-9-13)16(20)25/h6-9,11H,1-5,10,24H2,(H2,20,25)(H3,19,21,22,23). The van der Waals surface area contributed by atoms with Gasteiger partial charge in [-0.15, -0.1) is 0 Å². The lowest BCUT2D eigenvalue weighted by Crippen LogP contribution is -2.70. The first-order valence-electron chi connectivity index (χ1n) is 8.99. The average molecular weight is 372 g/mol. The molecule has 7 N–H and O–H groups in total. The summed E-state index contributed by atoms with van der Waals surface area (Å²) in [6, 6.07) is 6.54. The van der Waals surface area contributed by atoms with E-state index in [2.05, 4.69) is 15.3 Å². The summed E-state index contributed by atoms with van der Waals surface area (Å²) < 4.78 is 5.81. The third-order valence-corrected chi connectivity index (χ3v) is 4.66. The van der Waals surface area contributed by atoms with Gasteiger partial charge in [0, 0.05) is 11.3 Å². The normalized spacial score (nSPS) is 14.7. The number of amides is 1. The quantitative estimate of drug-likeness (QED) is 0.537. The lowest BCUT2D eigenvalue weighted by molar-refractivity contribution is -0.497. The Labute approximate surface area is 157 Å². The molecule has 1 heterocycles. The molecule has 1 amide bonds. The Balaban J connectivity index is 1.75. The molecule has 9 heteroatoms. The van der Waals surface area contributed by atoms with Crippen LogP contribution in [0.2, 0.25) is 0 Å². The summed E-state index contributed by atoms with van der Waals surface area (Å²) in [5, 5.41) is 14.4. The van der Waals surface area contributed by atoms with E-state index >= 15 is 0 Å². The Morgan fingerprint density at radius 1 is 1.22 bits per heavy atom. The molecular weight excluding hydrogens is 348 g/mol. The number of ether oxygens (including phenoxy) is 1. The number of rotatable bonds is 7. The van der Waals surface area contributed by atoms with Gasteiger partial charge in [0.05, 0.1) is 6.61 Å². The monoisotopic (exact) mass is 372 g/mol. The smallest absolute Gasteiger partial charge is 0.284 e. The van der Waals surface area contributed by atoms with Gasteiger partial charge in [-0.3, -0.25) is 4.79 Å². The van der Waals surface area contributed by atoms with Crippen LogP contribution in [0.1, 0.15) is 42.5 Å². The maximum atomic E-state index is 11.4. The molecule has 0 saturated heterocycles. The van der Waals surface area contributed by atoms with Crippen LogP contribution < -0.4 is 27.0 Å². The minimum absolute atomic E-state index is 0.0508. The number of nitrogens with two attached hydrogens (primary N) is 3. The van der Waals surface area contributed by atoms with Gasteiger partial charge < -0.3 is 32.2 Å². The molecule has 144 valence electrons. The van der Waals surface area contributed by atoms with Crippen molar-refractivity contribution < 1.29 is 15.0 Å². The largest absolute Gasteiger partial charge is 0.630 e. The van der Waals surface area contributed by atoms with E-state index in [0.29, 0.717) is 29.3 Å². The van der Waals surface area contributed by atoms with Gasteiger partial charge in [-0.2, -0.15) is 9.97 Å². The zero-order chi connectivity index (χ0) is 19.2. The second kappa shape index (κ2) is 8.65. The molecular formula is C18H24N6O3. The van der Waals surface area contributed by atoms with Crippen molar-refractivity contribution in [2.45, 2.75) is 32.1 Å². The van der Waals surface area contributed by atoms with Crippen molar-refractivity contribution in [3.63, 3.8) is 0 Å². The fourth-order valence-corrected chi connectivity index (χ4v) is 3.14. The third-order valence-electron chi connectivity index (χ3n) is 4.66. The van der Waals surface area contributed by atoms with Crippen molar-refractivity contribution in [3.8, 4) is 5.88 Å². The predicted octanol–water partition coefficient (Wildman–Crippen LogP) is 1.55. The number of hydrogen-bond donors (Lipinski definition) is 4. The molecule has 1 aromatic heterocycles. The topological polar surface area (TPSA) is 156 Å². The molecule has 0 aliphatic heterocycles. The van der Waals surface area contributed by atoms with Crippen LogP contribution in [-0.2, 0) is 0 Å². The molecule has 1 fully saturated rings. The van der Waals surface area contributed by atoms with E-state index in [4.69, 9.17) is 16.2 Å². The number of benzene rings is 1. The van der Waals surface area contributed by atoms with Gasteiger partial charge in [0.25, 0.3) is 5.88 Å². The molecule has 0 bridgehead atoms. The number of nitrogens with one attached hydrogen (secondary N) is 1. The predicted molar refractivity (Wildman–Crippen MR) is 102 cm³/mol. The van der Waals surface area contributed by atoms with Crippen molar-refractivity contribution in [1.29, 1.82) is 0 Å². The number of quaternary nitrogens is 1. The maximum absolute atomic E-state index is 11.4. The number of carbonyl (C=O) groups is 1. The third kappa shape index (κ3) is 4.83. The zero-order valence-electron chi connectivity index (χ0n) is 15.0. The SMILES string of the molecule is NC(=O)c1ccc(Nc2nc(N)c([NH2+][O-])c(OCC3CCCCC3)n2)cc1. The molecule has 3 rings (SSSR count). The van der Waals surface area contributed by atoms with E-state index < -0.39 is 5.91 Å². The second-order valence-corrected chi connectivity index (χ2v) is 6.65. The first-order chi connectivity index (χ1) is 13.1. The maximum Gasteiger partial charge on any atom is 0.284 e. The summed E-state index contributed by atoms with van der Waals surface area (Å²) in [6.07, 6.45) is 5.91. The number of primary amides is 1. The minimum Gasteiger partial charge on any atom is -0.630 e. The van der Waals surface area contributed by atoms with E-state index in [1.54, 1.807) is 24.3 Å². The van der Waals surface area contributed by atoms with Crippen LogP contribution in [0.4, 0.5) is 23.1 Å². The zero-order valence-corrected chi connectivity index (χ0v) is 15.0. The first kappa shape index (κ1) is 18.9. The van der Waals surface area contributed by atoms with E-state index in [-0.39, 0.29) is 23.3 Å². The average Bonchev–Trinajstić information content (AvgIpc) is 2.67. The van der Waals surface area contributed by atoms with Gasteiger partial charge in [-0.05, 0) is 43.0 Å². The molecule has 9 nitrogen and oxygen atoms in total. The van der Waals surface area contributed by atoms with Gasteiger partial charge in [-0.25, -0.2) is 0 Å². The fraction of sp³-hybridized carbons (Fsp3) is 0.389. The molecule has 0 spiro atoms. The number of carbonyl (C=O) groups excluding carboxylic acids is 1. The highest BCUT2D eigenvalue weighted by Crippen LogP contribution is 2.29. The number of anilines is 3. The molecule has 1 saturated carbocycles. The Hall–Kier alpha value is -2.91. The van der Waals surface area contributed by atoms with Crippen LogP contribution in [0, 0.1) is 11.1 Å². The van der Waals surface area contributed by atoms with Crippen LogP contribution in [0.3, 0.4) is 0 Å². The molecule has 0 radical (unpaired) electrons. The van der Waals surface area contributed by atoms with E-state index in [1.165, 1.54) is 19.3 Å². The summed E-state index contributed by atoms with van der Waals surface area (Å²) >= 11 is 0. The summed E-state index contributed by atoms with van der Waals surface area (Å²) in [6.45, 7) is 0.504. The fourth-order valence-electron chi connectivity index (χ4n) is 3.14. The van der Waals surface area contributed by atoms with Crippen molar-refractivity contribution in [2.24, 2.45) is 11.7 Å². The number of nitrogen functional groups attached to an aromatic ring is 1. The lowest BCUT2D eigenvalue weighted by Gasteiger charge is -2.22. The minimum atomic E-state index is -0.504. The summed E-state index contributed by atoms with van der Waals surface area (Å²) in [4.78, 5) is 19.5. The van der Waals surface area contributed by atoms with Gasteiger partial charge in [0.15, 0.2) is 5.82 Å². The number of hydrogen-bond acceptors (Lipinski definition) is 7. The molecule has 27 heavy (non-hydrogen) atoms. The number of aromatic nitrogens is 2. The highest BCUT2D eigenvalue weighted by molar-refractivity contribution is 5.93. The van der Waals surface area contributed by atoms with Crippen LogP contribution >= 0.6 is 0 Å². The lowest BCUT2D eigenvalue weighted by atomic mass is 9.90. The molecule has 1 aliphatic carbocycles. The molecule has 1 aromatic carbocycles. The molecule has 1 aliphatic rings. The summed E-state index contributed by atoms with van der Waals surface area (Å²) in [5.74, 6) is 0.403.